The summed E-state index contributed by atoms with van der Waals surface area (Å²) in [6, 6.07) is 16.8. The number of hydrogen-bond donors (Lipinski definition) is 2. The number of benzene rings is 2. The molecule has 0 aromatic heterocycles. The number of carbonyl (C=O) groups is 3. The first kappa shape index (κ1) is 23.1. The van der Waals surface area contributed by atoms with Gasteiger partial charge in [0.25, 0.3) is 0 Å². The van der Waals surface area contributed by atoms with Gasteiger partial charge in [-0.1, -0.05) is 37.3 Å². The predicted octanol–water partition coefficient (Wildman–Crippen LogP) is 3.18. The van der Waals surface area contributed by atoms with Crippen LogP contribution in [0.4, 0.5) is 0 Å². The fourth-order valence-electron chi connectivity index (χ4n) is 3.04. The van der Waals surface area contributed by atoms with Gasteiger partial charge in [-0.3, -0.25) is 9.69 Å². The lowest BCUT2D eigenvalue weighted by Gasteiger charge is -2.29. The van der Waals surface area contributed by atoms with E-state index in [2.05, 4.69) is 11.8 Å². The number of aliphatic carboxylic acids is 2. The van der Waals surface area contributed by atoms with Crippen molar-refractivity contribution in [3.63, 3.8) is 0 Å². The largest absolute Gasteiger partial charge is 0.492 e. The molecule has 1 fully saturated rings. The number of hydrogen-bond acceptors (Lipinski definition) is 5. The van der Waals surface area contributed by atoms with Gasteiger partial charge in [0, 0.05) is 17.7 Å². The molecular weight excluding hydrogens is 386 g/mol. The lowest BCUT2D eigenvalue weighted by atomic mass is 9.99. The molecule has 0 atom stereocenters. The zero-order chi connectivity index (χ0) is 21.9. The van der Waals surface area contributed by atoms with Crippen LogP contribution in [0.15, 0.2) is 54.6 Å². The average Bonchev–Trinajstić information content (AvgIpc) is 2.76. The molecule has 0 amide bonds. The minimum atomic E-state index is -1.82. The molecule has 0 saturated carbocycles. The van der Waals surface area contributed by atoms with E-state index in [0.717, 1.165) is 18.2 Å². The number of ketones is 1. The second-order valence-corrected chi connectivity index (χ2v) is 7.20. The quantitative estimate of drug-likeness (QED) is 0.554. The zero-order valence-electron chi connectivity index (χ0n) is 17.0. The van der Waals surface area contributed by atoms with Gasteiger partial charge in [-0.05, 0) is 56.1 Å². The monoisotopic (exact) mass is 413 g/mol. The Balaban J connectivity index is 0.000000469. The van der Waals surface area contributed by atoms with Gasteiger partial charge in [0.2, 0.25) is 0 Å². The summed E-state index contributed by atoms with van der Waals surface area (Å²) in [6.07, 6.45) is 2.58. The number of ether oxygens (including phenoxy) is 1. The summed E-state index contributed by atoms with van der Waals surface area (Å²) in [5.74, 6) is -1.92. The third-order valence-electron chi connectivity index (χ3n) is 4.89. The highest BCUT2D eigenvalue weighted by atomic mass is 16.5. The normalized spacial score (nSPS) is 14.3. The molecular formula is C23H27NO6. The Morgan fingerprint density at radius 2 is 1.43 bits per heavy atom. The first-order valence-corrected chi connectivity index (χ1v) is 9.88. The Hall–Kier alpha value is -3.19. The molecule has 160 valence electrons. The van der Waals surface area contributed by atoms with Crippen molar-refractivity contribution in [3.05, 3.63) is 65.7 Å². The van der Waals surface area contributed by atoms with Crippen molar-refractivity contribution in [2.24, 2.45) is 5.92 Å². The lowest BCUT2D eigenvalue weighted by molar-refractivity contribution is -0.159. The molecule has 1 aliphatic rings. The number of nitrogens with zero attached hydrogens (tertiary/aromatic N) is 1. The van der Waals surface area contributed by atoms with E-state index in [1.54, 1.807) is 0 Å². The Morgan fingerprint density at radius 1 is 0.900 bits per heavy atom. The van der Waals surface area contributed by atoms with Gasteiger partial charge in [-0.15, -0.1) is 0 Å². The molecule has 2 aromatic rings. The van der Waals surface area contributed by atoms with Crippen molar-refractivity contribution in [2.45, 2.75) is 19.8 Å². The number of carbonyl (C=O) groups excluding carboxylic acids is 1. The fraction of sp³-hybridized carbons (Fsp3) is 0.348. The molecule has 7 heteroatoms. The Morgan fingerprint density at radius 3 is 1.97 bits per heavy atom. The molecule has 0 radical (unpaired) electrons. The van der Waals surface area contributed by atoms with Crippen LogP contribution in [0.3, 0.4) is 0 Å². The first-order valence-electron chi connectivity index (χ1n) is 9.88. The van der Waals surface area contributed by atoms with Crippen LogP contribution >= 0.6 is 0 Å². The summed E-state index contributed by atoms with van der Waals surface area (Å²) in [6.45, 7) is 6.34. The molecule has 0 bridgehead atoms. The molecule has 0 spiro atoms. The molecule has 0 aliphatic carbocycles. The van der Waals surface area contributed by atoms with Crippen LogP contribution in [-0.4, -0.2) is 59.1 Å². The number of rotatable bonds is 6. The maximum atomic E-state index is 12.4. The van der Waals surface area contributed by atoms with E-state index in [9.17, 15) is 4.79 Å². The lowest BCUT2D eigenvalue weighted by Crippen LogP contribution is -2.35. The Bertz CT molecular complexity index is 815. The van der Waals surface area contributed by atoms with Crippen LogP contribution in [-0.2, 0) is 9.59 Å². The highest BCUT2D eigenvalue weighted by Crippen LogP contribution is 2.17. The number of likely N-dealkylation sites (tertiary alicyclic amines) is 1. The third kappa shape index (κ3) is 7.67. The summed E-state index contributed by atoms with van der Waals surface area (Å²) in [5.41, 5.74) is 1.41. The zero-order valence-corrected chi connectivity index (χ0v) is 17.0. The van der Waals surface area contributed by atoms with Gasteiger partial charge < -0.3 is 14.9 Å². The highest BCUT2D eigenvalue weighted by Gasteiger charge is 2.15. The molecule has 7 nitrogen and oxygen atoms in total. The van der Waals surface area contributed by atoms with Crippen LogP contribution in [0.1, 0.15) is 35.7 Å². The van der Waals surface area contributed by atoms with Crippen molar-refractivity contribution >= 4 is 17.7 Å². The van der Waals surface area contributed by atoms with Crippen molar-refractivity contribution in [1.82, 2.24) is 4.90 Å². The maximum Gasteiger partial charge on any atom is 0.414 e. The van der Waals surface area contributed by atoms with E-state index in [1.807, 2.05) is 54.6 Å². The van der Waals surface area contributed by atoms with Gasteiger partial charge in [0.1, 0.15) is 12.4 Å². The summed E-state index contributed by atoms with van der Waals surface area (Å²) < 4.78 is 5.82. The van der Waals surface area contributed by atoms with Gasteiger partial charge in [-0.25, -0.2) is 9.59 Å². The molecule has 2 N–H and O–H groups in total. The molecule has 1 aliphatic heterocycles. The SMILES string of the molecule is CC1CCN(CCOc2ccc(C(=O)c3ccccc3)cc2)CC1.O=C(O)C(=O)O. The summed E-state index contributed by atoms with van der Waals surface area (Å²) in [4.78, 5) is 33.0. The molecule has 2 aromatic carbocycles. The fourth-order valence-corrected chi connectivity index (χ4v) is 3.04. The first-order chi connectivity index (χ1) is 14.4. The van der Waals surface area contributed by atoms with E-state index in [4.69, 9.17) is 24.5 Å². The maximum absolute atomic E-state index is 12.4. The van der Waals surface area contributed by atoms with Gasteiger partial charge in [-0.2, -0.15) is 0 Å². The van der Waals surface area contributed by atoms with Crippen LogP contribution in [0, 0.1) is 5.92 Å². The minimum absolute atomic E-state index is 0.0459. The van der Waals surface area contributed by atoms with Crippen molar-refractivity contribution < 1.29 is 29.3 Å². The van der Waals surface area contributed by atoms with Crippen molar-refractivity contribution in [2.75, 3.05) is 26.2 Å². The topological polar surface area (TPSA) is 104 Å². The summed E-state index contributed by atoms with van der Waals surface area (Å²) in [7, 11) is 0. The van der Waals surface area contributed by atoms with Gasteiger partial charge in [0.15, 0.2) is 5.78 Å². The van der Waals surface area contributed by atoms with E-state index in [1.165, 1.54) is 25.9 Å². The van der Waals surface area contributed by atoms with Crippen molar-refractivity contribution in [1.29, 1.82) is 0 Å². The third-order valence-corrected chi connectivity index (χ3v) is 4.89. The molecule has 0 unspecified atom stereocenters. The molecule has 3 rings (SSSR count). The Kier molecular flexibility index (Phi) is 9.03. The second-order valence-electron chi connectivity index (χ2n) is 7.20. The molecule has 1 heterocycles. The standard InChI is InChI=1S/C21H25NO2.C2H2O4/c1-17-11-13-22(14-12-17)15-16-24-20-9-7-19(8-10-20)21(23)18-5-3-2-4-6-18;3-1(4)2(5)6/h2-10,17H,11-16H2,1H3;(H,3,4)(H,5,6). The summed E-state index contributed by atoms with van der Waals surface area (Å²) in [5, 5.41) is 14.8. The molecule has 30 heavy (non-hydrogen) atoms. The highest BCUT2D eigenvalue weighted by molar-refractivity contribution is 6.27. The van der Waals surface area contributed by atoms with Crippen LogP contribution in [0.2, 0.25) is 0 Å². The van der Waals surface area contributed by atoms with Crippen molar-refractivity contribution in [3.8, 4) is 5.75 Å². The van der Waals surface area contributed by atoms with Gasteiger partial charge >= 0.3 is 11.9 Å². The van der Waals surface area contributed by atoms with E-state index < -0.39 is 11.9 Å². The van der Waals surface area contributed by atoms with Crippen LogP contribution in [0.25, 0.3) is 0 Å². The number of carboxylic acids is 2. The predicted molar refractivity (Wildman–Crippen MR) is 112 cm³/mol. The van der Waals surface area contributed by atoms with E-state index >= 15 is 0 Å². The summed E-state index contributed by atoms with van der Waals surface area (Å²) >= 11 is 0. The van der Waals surface area contributed by atoms with Crippen LogP contribution in [0.5, 0.6) is 5.75 Å². The van der Waals surface area contributed by atoms with Gasteiger partial charge in [0.05, 0.1) is 0 Å². The van der Waals surface area contributed by atoms with E-state index in [-0.39, 0.29) is 5.78 Å². The Labute approximate surface area is 175 Å². The van der Waals surface area contributed by atoms with E-state index in [0.29, 0.717) is 17.7 Å². The van der Waals surface area contributed by atoms with Crippen LogP contribution < -0.4 is 4.74 Å². The number of carboxylic acid groups (broad SMARTS) is 2. The minimum Gasteiger partial charge on any atom is -0.492 e. The second kappa shape index (κ2) is 11.7. The smallest absolute Gasteiger partial charge is 0.414 e. The molecule has 1 saturated heterocycles. The number of piperidine rings is 1. The average molecular weight is 413 g/mol.